The van der Waals surface area contributed by atoms with Crippen LogP contribution in [0, 0.1) is 34.5 Å². The zero-order valence-electron chi connectivity index (χ0n) is 19.1. The van der Waals surface area contributed by atoms with Crippen LogP contribution in [-0.2, 0) is 23.9 Å². The van der Waals surface area contributed by atoms with Crippen LogP contribution in [-0.4, -0.2) is 23.8 Å². The molecule has 0 saturated heterocycles. The molecule has 7 atom stereocenters. The summed E-state index contributed by atoms with van der Waals surface area (Å²) in [5.41, 5.74) is 1.01. The average molecular weight is 417 g/mol. The predicted octanol–water partition coefficient (Wildman–Crippen LogP) is 4.98. The number of ether oxygens (including phenoxy) is 2. The molecule has 0 bridgehead atoms. The summed E-state index contributed by atoms with van der Waals surface area (Å²) in [6.45, 7) is 9.37. The molecule has 0 N–H and O–H groups in total. The third kappa shape index (κ3) is 3.33. The van der Waals surface area contributed by atoms with Gasteiger partial charge in [-0.15, -0.1) is 0 Å². The number of rotatable bonds is 2. The van der Waals surface area contributed by atoms with Gasteiger partial charge in [0, 0.05) is 31.6 Å². The van der Waals surface area contributed by atoms with Crippen molar-refractivity contribution in [3.63, 3.8) is 0 Å². The van der Waals surface area contributed by atoms with Crippen molar-refractivity contribution >= 4 is 17.7 Å². The summed E-state index contributed by atoms with van der Waals surface area (Å²) in [4.78, 5) is 36.6. The molecule has 30 heavy (non-hydrogen) atoms. The van der Waals surface area contributed by atoms with Crippen LogP contribution in [0.1, 0.15) is 86.0 Å². The highest BCUT2D eigenvalue weighted by atomic mass is 16.5. The zero-order chi connectivity index (χ0) is 21.8. The molecule has 4 rings (SSSR count). The molecule has 0 aromatic heterocycles. The Morgan fingerprint density at radius 2 is 1.73 bits per heavy atom. The van der Waals surface area contributed by atoms with Crippen LogP contribution >= 0.6 is 0 Å². The summed E-state index contributed by atoms with van der Waals surface area (Å²) >= 11 is 0. The second-order valence-electron chi connectivity index (χ2n) is 10.8. The van der Waals surface area contributed by atoms with Crippen molar-refractivity contribution in [3.8, 4) is 0 Å². The second-order valence-corrected chi connectivity index (χ2v) is 10.8. The normalized spacial score (nSPS) is 44.4. The summed E-state index contributed by atoms with van der Waals surface area (Å²) in [6, 6.07) is 0. The summed E-state index contributed by atoms with van der Waals surface area (Å²) < 4.78 is 11.0. The van der Waals surface area contributed by atoms with E-state index in [9.17, 15) is 14.4 Å². The third-order valence-electron chi connectivity index (χ3n) is 9.14. The fraction of sp³-hybridized carbons (Fsp3) is 0.800. The van der Waals surface area contributed by atoms with Crippen molar-refractivity contribution in [2.75, 3.05) is 0 Å². The van der Waals surface area contributed by atoms with E-state index in [1.165, 1.54) is 19.4 Å². The highest BCUT2D eigenvalue weighted by molar-refractivity contribution is 5.85. The van der Waals surface area contributed by atoms with Crippen LogP contribution in [0.2, 0.25) is 0 Å². The highest BCUT2D eigenvalue weighted by Gasteiger charge is 2.62. The highest BCUT2D eigenvalue weighted by Crippen LogP contribution is 2.66. The molecule has 0 amide bonds. The van der Waals surface area contributed by atoms with Gasteiger partial charge in [-0.2, -0.15) is 0 Å². The van der Waals surface area contributed by atoms with Gasteiger partial charge in [0.05, 0.1) is 0 Å². The molecule has 0 spiro atoms. The first-order valence-corrected chi connectivity index (χ1v) is 11.6. The Labute approximate surface area is 179 Å². The summed E-state index contributed by atoms with van der Waals surface area (Å²) in [6.07, 6.45) is 7.46. The predicted molar refractivity (Wildman–Crippen MR) is 112 cm³/mol. The maximum absolute atomic E-state index is 13.7. The van der Waals surface area contributed by atoms with Gasteiger partial charge >= 0.3 is 11.9 Å². The van der Waals surface area contributed by atoms with E-state index >= 15 is 0 Å². The Hall–Kier alpha value is -1.65. The number of carbonyl (C=O) groups is 3. The zero-order valence-corrected chi connectivity index (χ0v) is 19.1. The van der Waals surface area contributed by atoms with Crippen molar-refractivity contribution in [1.82, 2.24) is 0 Å². The number of ketones is 1. The van der Waals surface area contributed by atoms with Crippen LogP contribution in [0.25, 0.3) is 0 Å². The molecule has 0 aromatic carbocycles. The molecule has 0 aliphatic heterocycles. The van der Waals surface area contributed by atoms with Crippen LogP contribution in [0.4, 0.5) is 0 Å². The Morgan fingerprint density at radius 1 is 1.00 bits per heavy atom. The van der Waals surface area contributed by atoms with Gasteiger partial charge in [-0.1, -0.05) is 13.8 Å². The quantitative estimate of drug-likeness (QED) is 0.469. The molecule has 0 unspecified atom stereocenters. The van der Waals surface area contributed by atoms with Gasteiger partial charge < -0.3 is 9.47 Å². The van der Waals surface area contributed by atoms with Gasteiger partial charge in [-0.3, -0.25) is 14.4 Å². The summed E-state index contributed by atoms with van der Waals surface area (Å²) in [5.74, 6) is 2.06. The first kappa shape index (κ1) is 21.6. The first-order valence-electron chi connectivity index (χ1n) is 11.6. The van der Waals surface area contributed by atoms with Gasteiger partial charge in [0.2, 0.25) is 0 Å². The Morgan fingerprint density at radius 3 is 2.40 bits per heavy atom. The minimum Gasteiger partial charge on any atom is -0.463 e. The van der Waals surface area contributed by atoms with E-state index in [1.807, 2.05) is 6.92 Å². The number of fused-ring (bicyclic) bond motifs is 5. The minimum absolute atomic E-state index is 0.00785. The van der Waals surface area contributed by atoms with E-state index in [1.54, 1.807) is 0 Å². The van der Waals surface area contributed by atoms with Crippen LogP contribution < -0.4 is 0 Å². The van der Waals surface area contributed by atoms with E-state index in [-0.39, 0.29) is 34.8 Å². The molecular weight excluding hydrogens is 380 g/mol. The van der Waals surface area contributed by atoms with E-state index in [0.717, 1.165) is 44.9 Å². The standard InChI is InChI=1S/C25H36O5/c1-14(29-15(2)26)20-8-9-21-19-7-6-17-12-18(30-16(3)27)10-11-24(17,4)23(19)22(28)13-25(20,21)5/h17-19,21,23H,6-13H2,1-5H3/b20-14+/t17-,18-,19-,21-,23+,24-,25+/m0/s1. The number of hydrogen-bond donors (Lipinski definition) is 0. The molecule has 5 nitrogen and oxygen atoms in total. The number of carbonyl (C=O) groups excluding carboxylic acids is 3. The van der Waals surface area contributed by atoms with Gasteiger partial charge in [0.25, 0.3) is 0 Å². The molecule has 4 aliphatic rings. The lowest BCUT2D eigenvalue weighted by molar-refractivity contribution is -0.166. The molecule has 4 fully saturated rings. The average Bonchev–Trinajstić information content (AvgIpc) is 2.97. The van der Waals surface area contributed by atoms with Crippen LogP contribution in [0.15, 0.2) is 11.3 Å². The minimum atomic E-state index is -0.287. The fourth-order valence-electron chi connectivity index (χ4n) is 8.05. The molecule has 5 heteroatoms. The molecule has 4 saturated carbocycles. The van der Waals surface area contributed by atoms with Crippen molar-refractivity contribution in [2.24, 2.45) is 34.5 Å². The van der Waals surface area contributed by atoms with Gasteiger partial charge in [-0.25, -0.2) is 0 Å². The molecule has 0 heterocycles. The Balaban J connectivity index is 1.60. The van der Waals surface area contributed by atoms with E-state index in [2.05, 4.69) is 13.8 Å². The SMILES string of the molecule is CC(=O)O/C(C)=C1\CC[C@H]2[C@@H]3CC[C@H]4C[C@@H](OC(C)=O)CC[C@]4(C)[C@H]3C(=O)C[C@]12C. The maximum atomic E-state index is 13.7. The second kappa shape index (κ2) is 7.49. The number of Topliss-reactive ketones (excluding diaryl/α,β-unsaturated/α-hetero) is 1. The van der Waals surface area contributed by atoms with Crippen molar-refractivity contribution < 1.29 is 23.9 Å². The lowest BCUT2D eigenvalue weighted by Gasteiger charge is -2.59. The van der Waals surface area contributed by atoms with Gasteiger partial charge in [0.1, 0.15) is 17.6 Å². The maximum Gasteiger partial charge on any atom is 0.307 e. The van der Waals surface area contributed by atoms with Crippen molar-refractivity contribution in [3.05, 3.63) is 11.3 Å². The number of hydrogen-bond acceptors (Lipinski definition) is 5. The Bertz CT molecular complexity index is 797. The van der Waals surface area contributed by atoms with Gasteiger partial charge in [0.15, 0.2) is 0 Å². The molecule has 0 radical (unpaired) electrons. The third-order valence-corrected chi connectivity index (χ3v) is 9.14. The number of esters is 2. The number of allylic oxidation sites excluding steroid dienone is 2. The van der Waals surface area contributed by atoms with Crippen molar-refractivity contribution in [1.29, 1.82) is 0 Å². The summed E-state index contributed by atoms with van der Waals surface area (Å²) in [5, 5.41) is 0. The first-order chi connectivity index (χ1) is 14.1. The monoisotopic (exact) mass is 416 g/mol. The van der Waals surface area contributed by atoms with E-state index < -0.39 is 0 Å². The molecule has 166 valence electrons. The van der Waals surface area contributed by atoms with Crippen molar-refractivity contribution in [2.45, 2.75) is 92.1 Å². The molecule has 0 aromatic rings. The topological polar surface area (TPSA) is 69.7 Å². The van der Waals surface area contributed by atoms with Crippen LogP contribution in [0.3, 0.4) is 0 Å². The fourth-order valence-corrected chi connectivity index (χ4v) is 8.05. The van der Waals surface area contributed by atoms with E-state index in [4.69, 9.17) is 9.47 Å². The lowest BCUT2D eigenvalue weighted by atomic mass is 9.44. The smallest absolute Gasteiger partial charge is 0.307 e. The van der Waals surface area contributed by atoms with E-state index in [0.29, 0.717) is 35.7 Å². The Kier molecular flexibility index (Phi) is 5.39. The summed E-state index contributed by atoms with van der Waals surface area (Å²) in [7, 11) is 0. The molecule has 4 aliphatic carbocycles. The lowest BCUT2D eigenvalue weighted by Crippen LogP contribution is -2.57. The van der Waals surface area contributed by atoms with Crippen LogP contribution in [0.5, 0.6) is 0 Å². The largest absolute Gasteiger partial charge is 0.463 e. The molecular formula is C25H36O5. The van der Waals surface area contributed by atoms with Gasteiger partial charge in [-0.05, 0) is 80.6 Å².